The molecule has 0 amide bonds. The van der Waals surface area contributed by atoms with Crippen LogP contribution in [0, 0.1) is 0 Å². The van der Waals surface area contributed by atoms with Crippen LogP contribution in [0.1, 0.15) is 44.2 Å². The van der Waals surface area contributed by atoms with Gasteiger partial charge in [0, 0.05) is 23.2 Å². The number of allylic oxidation sites excluding steroid dienone is 1. The van der Waals surface area contributed by atoms with Gasteiger partial charge in [-0.05, 0) is 44.4 Å². The molecule has 1 saturated heterocycles. The molecule has 1 unspecified atom stereocenters. The summed E-state index contributed by atoms with van der Waals surface area (Å²) in [6, 6.07) is 9.02. The molecular formula is C19H28N4S. The Bertz CT molecular complexity index is 609. The average molecular weight is 345 g/mol. The first-order valence-electron chi connectivity index (χ1n) is 8.50. The minimum absolute atomic E-state index is 0.297. The highest BCUT2D eigenvalue weighted by molar-refractivity contribution is 7.98. The summed E-state index contributed by atoms with van der Waals surface area (Å²) in [5.41, 5.74) is 7.80. The van der Waals surface area contributed by atoms with E-state index in [2.05, 4.69) is 52.1 Å². The van der Waals surface area contributed by atoms with Crippen molar-refractivity contribution in [3.05, 3.63) is 41.7 Å². The van der Waals surface area contributed by atoms with Crippen molar-refractivity contribution in [3.8, 4) is 0 Å². The lowest BCUT2D eigenvalue weighted by molar-refractivity contribution is 0.255. The molecule has 0 radical (unpaired) electrons. The number of hydrogen-bond acceptors (Lipinski definition) is 5. The zero-order chi connectivity index (χ0) is 17.4. The van der Waals surface area contributed by atoms with Crippen molar-refractivity contribution < 1.29 is 0 Å². The first-order chi connectivity index (χ1) is 11.7. The van der Waals surface area contributed by atoms with Gasteiger partial charge in [0.15, 0.2) is 0 Å². The summed E-state index contributed by atoms with van der Waals surface area (Å²) >= 11 is 1.81. The Balaban J connectivity index is 2.42. The molecule has 1 aliphatic rings. The number of rotatable bonds is 6. The summed E-state index contributed by atoms with van der Waals surface area (Å²) in [5.74, 6) is 0.896. The van der Waals surface area contributed by atoms with E-state index in [1.165, 1.54) is 29.7 Å². The van der Waals surface area contributed by atoms with E-state index in [0.29, 0.717) is 12.7 Å². The van der Waals surface area contributed by atoms with Crippen LogP contribution in [0.3, 0.4) is 0 Å². The molecule has 1 aromatic carbocycles. The molecule has 1 fully saturated rings. The second-order valence-electron chi connectivity index (χ2n) is 5.94. The summed E-state index contributed by atoms with van der Waals surface area (Å²) in [5, 5.41) is 0. The van der Waals surface area contributed by atoms with Gasteiger partial charge in [-0.2, -0.15) is 0 Å². The molecule has 0 spiro atoms. The summed E-state index contributed by atoms with van der Waals surface area (Å²) in [6.45, 7) is 7.05. The molecular weight excluding hydrogens is 316 g/mol. The van der Waals surface area contributed by atoms with Gasteiger partial charge in [0.25, 0.3) is 0 Å². The molecule has 2 N–H and O–H groups in total. The SMILES string of the molecule is C=N/C(=C\C(C)=N/CN)N1CCCCCC1c1ccccc1SC. The lowest BCUT2D eigenvalue weighted by Crippen LogP contribution is -2.28. The second kappa shape index (κ2) is 9.64. The van der Waals surface area contributed by atoms with E-state index in [-0.39, 0.29) is 0 Å². The average Bonchev–Trinajstić information content (AvgIpc) is 2.85. The zero-order valence-electron chi connectivity index (χ0n) is 14.7. The van der Waals surface area contributed by atoms with Crippen molar-refractivity contribution in [1.29, 1.82) is 0 Å². The molecule has 24 heavy (non-hydrogen) atoms. The maximum absolute atomic E-state index is 5.53. The quantitative estimate of drug-likeness (QED) is 0.620. The van der Waals surface area contributed by atoms with Gasteiger partial charge in [-0.1, -0.05) is 31.0 Å². The Labute approximate surface area is 149 Å². The molecule has 5 heteroatoms. The standard InChI is InChI=1S/C19H28N4S/c1-15(22-14-20)13-19(21-2)23-12-8-4-5-10-17(23)16-9-6-7-11-18(16)24-3/h6-7,9,11,13,17H,2,4-5,8,10,12,14,20H2,1,3H3/b19-13+,22-15-. The number of hydrogen-bond donors (Lipinski definition) is 1. The van der Waals surface area contributed by atoms with E-state index in [9.17, 15) is 0 Å². The molecule has 1 heterocycles. The summed E-state index contributed by atoms with van der Waals surface area (Å²) in [4.78, 5) is 12.3. The zero-order valence-corrected chi connectivity index (χ0v) is 15.6. The van der Waals surface area contributed by atoms with Crippen LogP contribution in [-0.2, 0) is 0 Å². The van der Waals surface area contributed by atoms with Crippen LogP contribution in [0.4, 0.5) is 0 Å². The van der Waals surface area contributed by atoms with Crippen molar-refractivity contribution in [3.63, 3.8) is 0 Å². The molecule has 0 bridgehead atoms. The largest absolute Gasteiger partial charge is 0.350 e. The third kappa shape index (κ3) is 4.71. The minimum Gasteiger partial charge on any atom is -0.350 e. The van der Waals surface area contributed by atoms with Gasteiger partial charge < -0.3 is 10.6 Å². The monoisotopic (exact) mass is 344 g/mol. The van der Waals surface area contributed by atoms with Crippen LogP contribution in [-0.4, -0.2) is 36.8 Å². The number of thioether (sulfide) groups is 1. The highest BCUT2D eigenvalue weighted by Gasteiger charge is 2.25. The van der Waals surface area contributed by atoms with Crippen LogP contribution in [0.15, 0.2) is 51.0 Å². The maximum atomic E-state index is 5.53. The van der Waals surface area contributed by atoms with E-state index < -0.39 is 0 Å². The summed E-state index contributed by atoms with van der Waals surface area (Å²) in [6.07, 6.45) is 8.95. The highest BCUT2D eigenvalue weighted by Crippen LogP contribution is 2.37. The van der Waals surface area contributed by atoms with Crippen LogP contribution in [0.5, 0.6) is 0 Å². The fourth-order valence-electron chi connectivity index (χ4n) is 3.24. The number of aliphatic imine (C=N–C) groups is 2. The molecule has 130 valence electrons. The fourth-order valence-corrected chi connectivity index (χ4v) is 3.90. The molecule has 1 aromatic rings. The Morgan fingerprint density at radius 1 is 1.38 bits per heavy atom. The second-order valence-corrected chi connectivity index (χ2v) is 6.79. The van der Waals surface area contributed by atoms with Crippen LogP contribution >= 0.6 is 11.8 Å². The first-order valence-corrected chi connectivity index (χ1v) is 9.72. The Hall–Kier alpha value is -1.59. The van der Waals surface area contributed by atoms with E-state index in [1.54, 1.807) is 11.8 Å². The van der Waals surface area contributed by atoms with Crippen molar-refractivity contribution in [2.75, 3.05) is 19.5 Å². The number of likely N-dealkylation sites (tertiary alicyclic amines) is 1. The van der Waals surface area contributed by atoms with Crippen molar-refractivity contribution >= 4 is 24.2 Å². The van der Waals surface area contributed by atoms with Gasteiger partial charge in [0.05, 0.1) is 12.7 Å². The molecule has 0 aromatic heterocycles. The normalized spacial score (nSPS) is 20.0. The number of nitrogens with two attached hydrogens (primary N) is 1. The highest BCUT2D eigenvalue weighted by atomic mass is 32.2. The number of nitrogens with zero attached hydrogens (tertiary/aromatic N) is 3. The first kappa shape index (κ1) is 18.7. The van der Waals surface area contributed by atoms with Gasteiger partial charge in [-0.3, -0.25) is 4.99 Å². The van der Waals surface area contributed by atoms with Gasteiger partial charge in [-0.25, -0.2) is 4.99 Å². The predicted molar refractivity (Wildman–Crippen MR) is 106 cm³/mol. The topological polar surface area (TPSA) is 54.0 Å². The van der Waals surface area contributed by atoms with Crippen LogP contribution in [0.2, 0.25) is 0 Å². The van der Waals surface area contributed by atoms with E-state index >= 15 is 0 Å². The Morgan fingerprint density at radius 2 is 2.17 bits per heavy atom. The molecule has 2 rings (SSSR count). The molecule has 1 atom stereocenters. The molecule has 4 nitrogen and oxygen atoms in total. The van der Waals surface area contributed by atoms with Crippen LogP contribution < -0.4 is 5.73 Å². The van der Waals surface area contributed by atoms with E-state index in [1.807, 2.05) is 13.0 Å². The van der Waals surface area contributed by atoms with Gasteiger partial charge in [-0.15, -0.1) is 11.8 Å². The molecule has 1 aliphatic heterocycles. The smallest absolute Gasteiger partial charge is 0.130 e. The molecule has 0 aliphatic carbocycles. The third-order valence-electron chi connectivity index (χ3n) is 4.39. The van der Waals surface area contributed by atoms with Crippen molar-refractivity contribution in [2.24, 2.45) is 15.7 Å². The van der Waals surface area contributed by atoms with Crippen LogP contribution in [0.25, 0.3) is 0 Å². The van der Waals surface area contributed by atoms with E-state index in [0.717, 1.165) is 24.5 Å². The fraction of sp³-hybridized carbons (Fsp3) is 0.474. The van der Waals surface area contributed by atoms with Gasteiger partial charge >= 0.3 is 0 Å². The minimum atomic E-state index is 0.297. The lowest BCUT2D eigenvalue weighted by Gasteiger charge is -2.33. The molecule has 0 saturated carbocycles. The van der Waals surface area contributed by atoms with Gasteiger partial charge in [0.2, 0.25) is 0 Å². The Morgan fingerprint density at radius 3 is 2.88 bits per heavy atom. The summed E-state index contributed by atoms with van der Waals surface area (Å²) in [7, 11) is 0. The van der Waals surface area contributed by atoms with Gasteiger partial charge in [0.1, 0.15) is 5.82 Å². The van der Waals surface area contributed by atoms with Crippen molar-refractivity contribution in [1.82, 2.24) is 4.90 Å². The number of benzene rings is 1. The third-order valence-corrected chi connectivity index (χ3v) is 5.20. The lowest BCUT2D eigenvalue weighted by atomic mass is 10.0. The Kier molecular flexibility index (Phi) is 7.53. The van der Waals surface area contributed by atoms with Crippen molar-refractivity contribution in [2.45, 2.75) is 43.5 Å². The maximum Gasteiger partial charge on any atom is 0.130 e. The predicted octanol–water partition coefficient (Wildman–Crippen LogP) is 4.24. The summed E-state index contributed by atoms with van der Waals surface area (Å²) < 4.78 is 0. The van der Waals surface area contributed by atoms with E-state index in [4.69, 9.17) is 5.73 Å².